The fraction of sp³-hybridized carbons (Fsp3) is 0. The maximum absolute atomic E-state index is 12.0. The van der Waals surface area contributed by atoms with Crippen molar-refractivity contribution in [2.24, 2.45) is 0 Å². The number of benzene rings is 4. The van der Waals surface area contributed by atoms with E-state index in [2.05, 4.69) is 28.7 Å². The molecule has 0 aliphatic heterocycles. The second-order valence-corrected chi connectivity index (χ2v) is 7.75. The normalized spacial score (nSPS) is 10.8. The zero-order valence-electron chi connectivity index (χ0n) is 14.8. The van der Waals surface area contributed by atoms with Gasteiger partial charge in [-0.2, -0.15) is 5.26 Å². The average Bonchev–Trinajstić information content (AvgIpc) is 2.71. The van der Waals surface area contributed by atoms with Crippen LogP contribution in [0.15, 0.2) is 60.7 Å². The van der Waals surface area contributed by atoms with Crippen molar-refractivity contribution in [2.45, 2.75) is 0 Å². The van der Waals surface area contributed by atoms with E-state index < -0.39 is 11.9 Å². The fourth-order valence-corrected chi connectivity index (χ4v) is 4.11. The van der Waals surface area contributed by atoms with Crippen molar-refractivity contribution in [2.75, 3.05) is 0 Å². The van der Waals surface area contributed by atoms with Gasteiger partial charge >= 0.3 is 11.9 Å². The molecule has 0 radical (unpaired) electrons. The van der Waals surface area contributed by atoms with E-state index in [0.717, 1.165) is 8.96 Å². The molecular formula is C23H12INO4. The first kappa shape index (κ1) is 18.9. The van der Waals surface area contributed by atoms with Crippen LogP contribution < -0.4 is 0 Å². The van der Waals surface area contributed by atoms with Crippen molar-refractivity contribution in [3.63, 3.8) is 0 Å². The Morgan fingerprint density at radius 1 is 0.759 bits per heavy atom. The standard InChI is InChI=1S/C23H12INO4/c24-15-4-8-17-14(10-15)3-7-19(23(28)29)21(17)20-16-5-1-12(11-25)9-13(16)2-6-18(20)22(26)27/h1-10H,(H,26,27)(H,28,29). The maximum Gasteiger partial charge on any atom is 0.336 e. The molecular weight excluding hydrogens is 481 g/mol. The van der Waals surface area contributed by atoms with E-state index in [1.54, 1.807) is 30.3 Å². The minimum absolute atomic E-state index is 0.00996. The quantitative estimate of drug-likeness (QED) is 0.366. The molecule has 0 fully saturated rings. The van der Waals surface area contributed by atoms with Crippen LogP contribution in [0, 0.1) is 14.9 Å². The predicted molar refractivity (Wildman–Crippen MR) is 118 cm³/mol. The molecule has 4 aromatic rings. The second kappa shape index (κ2) is 7.18. The Morgan fingerprint density at radius 2 is 1.28 bits per heavy atom. The molecule has 29 heavy (non-hydrogen) atoms. The number of hydrogen-bond acceptors (Lipinski definition) is 3. The van der Waals surface area contributed by atoms with E-state index in [-0.39, 0.29) is 11.1 Å². The number of halogens is 1. The van der Waals surface area contributed by atoms with Crippen molar-refractivity contribution >= 4 is 56.1 Å². The summed E-state index contributed by atoms with van der Waals surface area (Å²) in [5, 5.41) is 31.6. The first-order chi connectivity index (χ1) is 13.9. The number of nitrogens with zero attached hydrogens (tertiary/aromatic N) is 1. The Bertz CT molecular complexity index is 1390. The monoisotopic (exact) mass is 493 g/mol. The van der Waals surface area contributed by atoms with Crippen molar-refractivity contribution in [1.29, 1.82) is 5.26 Å². The molecule has 0 saturated carbocycles. The van der Waals surface area contributed by atoms with Gasteiger partial charge < -0.3 is 10.2 Å². The van der Waals surface area contributed by atoms with Gasteiger partial charge in [0.2, 0.25) is 0 Å². The number of aromatic carboxylic acids is 2. The SMILES string of the molecule is N#Cc1ccc2c(-c3c(C(=O)O)ccc4cc(I)ccc34)c(C(=O)O)ccc2c1. The van der Waals surface area contributed by atoms with Crippen molar-refractivity contribution in [1.82, 2.24) is 0 Å². The summed E-state index contributed by atoms with van der Waals surface area (Å²) in [7, 11) is 0. The first-order valence-corrected chi connectivity index (χ1v) is 9.64. The summed E-state index contributed by atoms with van der Waals surface area (Å²) >= 11 is 2.17. The van der Waals surface area contributed by atoms with Crippen molar-refractivity contribution in [3.05, 3.63) is 80.9 Å². The van der Waals surface area contributed by atoms with Gasteiger partial charge in [0.1, 0.15) is 0 Å². The topological polar surface area (TPSA) is 98.4 Å². The molecule has 0 unspecified atom stereocenters. The van der Waals surface area contributed by atoms with Crippen LogP contribution in [0.4, 0.5) is 0 Å². The third kappa shape index (κ3) is 3.19. The number of carboxylic acid groups (broad SMARTS) is 2. The molecule has 0 spiro atoms. The van der Waals surface area contributed by atoms with Gasteiger partial charge in [0.25, 0.3) is 0 Å². The molecule has 0 aliphatic rings. The first-order valence-electron chi connectivity index (χ1n) is 8.57. The van der Waals surface area contributed by atoms with E-state index in [1.807, 2.05) is 18.2 Å². The minimum atomic E-state index is -1.15. The number of rotatable bonds is 3. The molecule has 0 saturated heterocycles. The fourth-order valence-electron chi connectivity index (χ4n) is 3.60. The van der Waals surface area contributed by atoms with E-state index in [0.29, 0.717) is 32.8 Å². The number of hydrogen-bond donors (Lipinski definition) is 2. The van der Waals surface area contributed by atoms with Crippen LogP contribution in [0.2, 0.25) is 0 Å². The van der Waals surface area contributed by atoms with E-state index in [9.17, 15) is 25.1 Å². The Morgan fingerprint density at radius 3 is 1.79 bits per heavy atom. The number of fused-ring (bicyclic) bond motifs is 2. The van der Waals surface area contributed by atoms with Crippen LogP contribution in [0.5, 0.6) is 0 Å². The Hall–Kier alpha value is -3.44. The predicted octanol–water partition coefficient (Wildman–Crippen LogP) is 5.53. The van der Waals surface area contributed by atoms with Gasteiger partial charge in [-0.25, -0.2) is 9.59 Å². The summed E-state index contributed by atoms with van der Waals surface area (Å²) in [5.74, 6) is -2.28. The van der Waals surface area contributed by atoms with Crippen LogP contribution in [0.25, 0.3) is 32.7 Å². The molecule has 4 aromatic carbocycles. The molecule has 0 amide bonds. The number of nitriles is 1. The third-order valence-electron chi connectivity index (χ3n) is 4.84. The average molecular weight is 493 g/mol. The van der Waals surface area contributed by atoms with E-state index in [1.165, 1.54) is 12.1 Å². The molecule has 4 rings (SSSR count). The highest BCUT2D eigenvalue weighted by molar-refractivity contribution is 14.1. The van der Waals surface area contributed by atoms with Gasteiger partial charge in [0, 0.05) is 14.7 Å². The van der Waals surface area contributed by atoms with Crippen molar-refractivity contribution in [3.8, 4) is 17.2 Å². The molecule has 6 heteroatoms. The third-order valence-corrected chi connectivity index (χ3v) is 5.51. The van der Waals surface area contributed by atoms with E-state index >= 15 is 0 Å². The Labute approximate surface area is 179 Å². The largest absolute Gasteiger partial charge is 0.478 e. The van der Waals surface area contributed by atoms with Gasteiger partial charge in [-0.15, -0.1) is 0 Å². The zero-order valence-corrected chi connectivity index (χ0v) is 17.0. The summed E-state index contributed by atoms with van der Waals surface area (Å²) in [4.78, 5) is 24.1. The summed E-state index contributed by atoms with van der Waals surface area (Å²) < 4.78 is 0.985. The molecule has 0 atom stereocenters. The van der Waals surface area contributed by atoms with Gasteiger partial charge in [-0.05, 0) is 80.5 Å². The lowest BCUT2D eigenvalue weighted by Gasteiger charge is -2.16. The summed E-state index contributed by atoms with van der Waals surface area (Å²) in [6.07, 6.45) is 0. The molecule has 0 aliphatic carbocycles. The lowest BCUT2D eigenvalue weighted by molar-refractivity contribution is 0.0684. The van der Waals surface area contributed by atoms with E-state index in [4.69, 9.17) is 0 Å². The van der Waals surface area contributed by atoms with Crippen LogP contribution >= 0.6 is 22.6 Å². The molecule has 0 bridgehead atoms. The smallest absolute Gasteiger partial charge is 0.336 e. The Kier molecular flexibility index (Phi) is 4.68. The summed E-state index contributed by atoms with van der Waals surface area (Å²) in [6, 6.07) is 18.9. The molecule has 2 N–H and O–H groups in total. The summed E-state index contributed by atoms with van der Waals surface area (Å²) in [6.45, 7) is 0. The lowest BCUT2D eigenvalue weighted by Crippen LogP contribution is -2.06. The zero-order chi connectivity index (χ0) is 20.7. The van der Waals surface area contributed by atoms with Crippen molar-refractivity contribution < 1.29 is 19.8 Å². The second-order valence-electron chi connectivity index (χ2n) is 6.50. The highest BCUT2D eigenvalue weighted by atomic mass is 127. The molecule has 0 aromatic heterocycles. The van der Waals surface area contributed by atoms with Crippen LogP contribution in [-0.4, -0.2) is 22.2 Å². The van der Waals surface area contributed by atoms with Gasteiger partial charge in [-0.3, -0.25) is 0 Å². The number of carbonyl (C=O) groups is 2. The van der Waals surface area contributed by atoms with Gasteiger partial charge in [0.05, 0.1) is 22.8 Å². The molecule has 140 valence electrons. The highest BCUT2D eigenvalue weighted by Gasteiger charge is 2.23. The summed E-state index contributed by atoms with van der Waals surface area (Å²) in [5.41, 5.74) is 1.18. The lowest BCUT2D eigenvalue weighted by atomic mass is 9.86. The molecule has 0 heterocycles. The van der Waals surface area contributed by atoms with Crippen LogP contribution in [0.1, 0.15) is 26.3 Å². The van der Waals surface area contributed by atoms with Crippen LogP contribution in [0.3, 0.4) is 0 Å². The minimum Gasteiger partial charge on any atom is -0.478 e. The van der Waals surface area contributed by atoms with Crippen LogP contribution in [-0.2, 0) is 0 Å². The van der Waals surface area contributed by atoms with Gasteiger partial charge in [0.15, 0.2) is 0 Å². The Balaban J connectivity index is 2.24. The maximum atomic E-state index is 12.0. The number of carboxylic acids is 2. The van der Waals surface area contributed by atoms with Gasteiger partial charge in [-0.1, -0.05) is 24.3 Å². The highest BCUT2D eigenvalue weighted by Crippen LogP contribution is 2.39. The molecule has 5 nitrogen and oxygen atoms in total.